The number of amides is 4. The molecule has 30 heavy (non-hydrogen) atoms. The van der Waals surface area contributed by atoms with Crippen molar-refractivity contribution in [3.63, 3.8) is 0 Å². The Morgan fingerprint density at radius 2 is 2.07 bits per heavy atom. The first-order valence-corrected chi connectivity index (χ1v) is 9.30. The van der Waals surface area contributed by atoms with Crippen molar-refractivity contribution in [2.75, 3.05) is 25.0 Å². The van der Waals surface area contributed by atoms with Crippen LogP contribution in [0, 0.1) is 5.82 Å². The SMILES string of the molecule is C[C@H]1CC(N)=C(C(=O)N2CCCOC2=O)CN1C(=O)Nc1ccc(F)c(C(F)F)c1. The van der Waals surface area contributed by atoms with Crippen molar-refractivity contribution >= 4 is 23.7 Å². The molecule has 1 aromatic rings. The normalized spacial score (nSPS) is 19.8. The van der Waals surface area contributed by atoms with Gasteiger partial charge in [-0.05, 0) is 31.5 Å². The number of hydrogen-bond acceptors (Lipinski definition) is 5. The van der Waals surface area contributed by atoms with Crippen LogP contribution in [0.4, 0.5) is 28.4 Å². The van der Waals surface area contributed by atoms with Crippen LogP contribution in [0.2, 0.25) is 0 Å². The maximum absolute atomic E-state index is 13.5. The number of cyclic esters (lactones) is 1. The van der Waals surface area contributed by atoms with Gasteiger partial charge in [0.15, 0.2) is 0 Å². The lowest BCUT2D eigenvalue weighted by Crippen LogP contribution is -2.51. The molecule has 2 aliphatic rings. The van der Waals surface area contributed by atoms with Crippen molar-refractivity contribution in [3.05, 3.63) is 40.8 Å². The largest absolute Gasteiger partial charge is 0.449 e. The number of nitrogens with zero attached hydrogens (tertiary/aromatic N) is 2. The Hall–Kier alpha value is -3.24. The topological polar surface area (TPSA) is 105 Å². The molecule has 2 heterocycles. The number of hydrogen-bond donors (Lipinski definition) is 2. The van der Waals surface area contributed by atoms with Gasteiger partial charge in [-0.25, -0.2) is 27.7 Å². The van der Waals surface area contributed by atoms with Crippen LogP contribution < -0.4 is 11.1 Å². The highest BCUT2D eigenvalue weighted by molar-refractivity contribution is 6.04. The number of nitrogens with two attached hydrogens (primary N) is 1. The summed E-state index contributed by atoms with van der Waals surface area (Å²) in [6.45, 7) is 1.94. The average Bonchev–Trinajstić information content (AvgIpc) is 2.69. The molecule has 0 aromatic heterocycles. The van der Waals surface area contributed by atoms with Crippen LogP contribution >= 0.6 is 0 Å². The van der Waals surface area contributed by atoms with Gasteiger partial charge in [-0.2, -0.15) is 0 Å². The minimum Gasteiger partial charge on any atom is -0.449 e. The van der Waals surface area contributed by atoms with Gasteiger partial charge in [0, 0.05) is 30.4 Å². The second-order valence-corrected chi connectivity index (χ2v) is 7.08. The number of benzene rings is 1. The van der Waals surface area contributed by atoms with E-state index in [0.29, 0.717) is 6.42 Å². The van der Waals surface area contributed by atoms with Crippen LogP contribution in [0.15, 0.2) is 29.5 Å². The van der Waals surface area contributed by atoms with Crippen LogP contribution in [0.25, 0.3) is 0 Å². The summed E-state index contributed by atoms with van der Waals surface area (Å²) < 4.78 is 44.1. The number of halogens is 3. The molecule has 1 saturated heterocycles. The van der Waals surface area contributed by atoms with Crippen molar-refractivity contribution in [3.8, 4) is 0 Å². The molecule has 1 aromatic carbocycles. The Morgan fingerprint density at radius 1 is 1.33 bits per heavy atom. The number of anilines is 1. The second-order valence-electron chi connectivity index (χ2n) is 7.08. The van der Waals surface area contributed by atoms with E-state index in [-0.39, 0.29) is 43.1 Å². The first-order valence-electron chi connectivity index (χ1n) is 9.30. The molecule has 0 spiro atoms. The molecule has 0 unspecified atom stereocenters. The fraction of sp³-hybridized carbons (Fsp3) is 0.421. The lowest BCUT2D eigenvalue weighted by Gasteiger charge is -2.36. The highest BCUT2D eigenvalue weighted by Gasteiger charge is 2.35. The number of rotatable bonds is 3. The maximum Gasteiger partial charge on any atom is 0.416 e. The summed E-state index contributed by atoms with van der Waals surface area (Å²) in [6, 6.07) is 1.78. The van der Waals surface area contributed by atoms with Crippen molar-refractivity contribution in [1.82, 2.24) is 9.80 Å². The molecule has 11 heteroatoms. The van der Waals surface area contributed by atoms with E-state index in [2.05, 4.69) is 5.32 Å². The minimum absolute atomic E-state index is 0.0149. The summed E-state index contributed by atoms with van der Waals surface area (Å²) in [6.07, 6.45) is -3.13. The van der Waals surface area contributed by atoms with Crippen LogP contribution in [0.3, 0.4) is 0 Å². The van der Waals surface area contributed by atoms with Crippen LogP contribution in [0.5, 0.6) is 0 Å². The third-order valence-electron chi connectivity index (χ3n) is 4.98. The first kappa shape index (κ1) is 21.5. The standard InChI is InChI=1S/C19H21F3N4O4/c1-10-7-15(23)13(17(27)25-5-2-6-30-19(25)29)9-26(10)18(28)24-11-3-4-14(20)12(8-11)16(21)22/h3-4,8,10,16H,2,5-7,9,23H2,1H3,(H,24,28)/t10-/m0/s1. The zero-order chi connectivity index (χ0) is 22.0. The monoisotopic (exact) mass is 426 g/mol. The van der Waals surface area contributed by atoms with Crippen molar-refractivity contribution in [2.24, 2.45) is 5.73 Å². The maximum atomic E-state index is 13.5. The van der Waals surface area contributed by atoms with Crippen LogP contribution in [-0.4, -0.2) is 53.6 Å². The van der Waals surface area contributed by atoms with Gasteiger partial charge in [-0.15, -0.1) is 0 Å². The van der Waals surface area contributed by atoms with Gasteiger partial charge in [0.1, 0.15) is 5.82 Å². The van der Waals surface area contributed by atoms with Gasteiger partial charge in [0.25, 0.3) is 12.3 Å². The highest BCUT2D eigenvalue weighted by Crippen LogP contribution is 2.27. The van der Waals surface area contributed by atoms with Gasteiger partial charge < -0.3 is 20.7 Å². The number of imide groups is 1. The summed E-state index contributed by atoms with van der Waals surface area (Å²) in [5.41, 5.74) is 5.51. The molecule has 0 aliphatic carbocycles. The highest BCUT2D eigenvalue weighted by atomic mass is 19.3. The Bertz CT molecular complexity index is 906. The molecule has 2 aliphatic heterocycles. The molecule has 3 N–H and O–H groups in total. The van der Waals surface area contributed by atoms with E-state index in [1.807, 2.05) is 0 Å². The van der Waals surface area contributed by atoms with Crippen molar-refractivity contribution in [2.45, 2.75) is 32.2 Å². The van der Waals surface area contributed by atoms with E-state index < -0.39 is 41.9 Å². The molecular weight excluding hydrogens is 405 g/mol. The van der Waals surface area contributed by atoms with Gasteiger partial charge in [-0.1, -0.05) is 0 Å². The molecule has 1 atom stereocenters. The summed E-state index contributed by atoms with van der Waals surface area (Å²) in [5.74, 6) is -1.71. The van der Waals surface area contributed by atoms with Gasteiger partial charge >= 0.3 is 12.1 Å². The molecule has 1 fully saturated rings. The third kappa shape index (κ3) is 4.34. The Morgan fingerprint density at radius 3 is 2.73 bits per heavy atom. The zero-order valence-corrected chi connectivity index (χ0v) is 16.2. The zero-order valence-electron chi connectivity index (χ0n) is 16.2. The summed E-state index contributed by atoms with van der Waals surface area (Å²) in [4.78, 5) is 39.6. The summed E-state index contributed by atoms with van der Waals surface area (Å²) >= 11 is 0. The van der Waals surface area contributed by atoms with E-state index in [1.54, 1.807) is 6.92 Å². The number of ether oxygens (including phenoxy) is 1. The second kappa shape index (κ2) is 8.64. The lowest BCUT2D eigenvalue weighted by molar-refractivity contribution is -0.127. The Labute approximate surface area is 170 Å². The molecule has 8 nitrogen and oxygen atoms in total. The Kier molecular flexibility index (Phi) is 6.18. The summed E-state index contributed by atoms with van der Waals surface area (Å²) in [5, 5.41) is 2.43. The smallest absolute Gasteiger partial charge is 0.416 e. The number of alkyl halides is 2. The van der Waals surface area contributed by atoms with Crippen LogP contribution in [-0.2, 0) is 9.53 Å². The average molecular weight is 426 g/mol. The lowest BCUT2D eigenvalue weighted by atomic mass is 9.99. The van der Waals surface area contributed by atoms with E-state index in [4.69, 9.17) is 10.5 Å². The van der Waals surface area contributed by atoms with E-state index >= 15 is 0 Å². The molecule has 0 bridgehead atoms. The van der Waals surface area contributed by atoms with Crippen LogP contribution in [0.1, 0.15) is 31.8 Å². The van der Waals surface area contributed by atoms with Crippen molar-refractivity contribution < 1.29 is 32.3 Å². The quantitative estimate of drug-likeness (QED) is 0.773. The molecule has 0 radical (unpaired) electrons. The number of carbonyl (C=O) groups excluding carboxylic acids is 3. The Balaban J connectivity index is 1.76. The summed E-state index contributed by atoms with van der Waals surface area (Å²) in [7, 11) is 0. The van der Waals surface area contributed by atoms with E-state index in [9.17, 15) is 27.6 Å². The van der Waals surface area contributed by atoms with Gasteiger partial charge in [-0.3, -0.25) is 4.79 Å². The van der Waals surface area contributed by atoms with E-state index in [1.165, 1.54) is 4.90 Å². The minimum atomic E-state index is -3.04. The number of urea groups is 1. The van der Waals surface area contributed by atoms with Crippen molar-refractivity contribution in [1.29, 1.82) is 0 Å². The molecule has 4 amide bonds. The predicted molar refractivity (Wildman–Crippen MR) is 100 cm³/mol. The fourth-order valence-electron chi connectivity index (χ4n) is 3.34. The first-order chi connectivity index (χ1) is 14.2. The van der Waals surface area contributed by atoms with Gasteiger partial charge in [0.2, 0.25) is 0 Å². The molecular formula is C19H21F3N4O4. The molecule has 162 valence electrons. The molecule has 0 saturated carbocycles. The predicted octanol–water partition coefficient (Wildman–Crippen LogP) is 2.97. The molecule has 3 rings (SSSR count). The number of carbonyl (C=O) groups is 3. The third-order valence-corrected chi connectivity index (χ3v) is 4.98. The number of nitrogens with one attached hydrogen (secondary N) is 1. The fourth-order valence-corrected chi connectivity index (χ4v) is 3.34. The van der Waals surface area contributed by atoms with Gasteiger partial charge in [0.05, 0.1) is 24.3 Å². The van der Waals surface area contributed by atoms with E-state index in [0.717, 1.165) is 23.1 Å².